The third-order valence-corrected chi connectivity index (χ3v) is 2.24. The Morgan fingerprint density at radius 2 is 2.42 bits per heavy atom. The van der Waals surface area contributed by atoms with Crippen LogP contribution in [0.15, 0.2) is 17.3 Å². The van der Waals surface area contributed by atoms with Gasteiger partial charge in [-0.25, -0.2) is 0 Å². The van der Waals surface area contributed by atoms with Crippen LogP contribution in [-0.2, 0) is 9.53 Å². The van der Waals surface area contributed by atoms with Gasteiger partial charge in [-0.05, 0) is 12.2 Å². The van der Waals surface area contributed by atoms with Gasteiger partial charge in [-0.3, -0.25) is 4.79 Å². The summed E-state index contributed by atoms with van der Waals surface area (Å²) in [6, 6.07) is 0. The number of oxime groups is 1. The molecule has 1 heterocycles. The molecule has 0 radical (unpaired) electrons. The average molecular weight is 167 g/mol. The van der Waals surface area contributed by atoms with Gasteiger partial charge in [-0.15, -0.1) is 0 Å². The second kappa shape index (κ2) is 2.62. The standard InChI is InChI=1S/C8H9NO3/c10-8-4-5-3-6(9-11)1-2-7(5)12-8/h1-2,5,7,11H,3-4H2/b9-6+/t5-,7-/m1/s1. The van der Waals surface area contributed by atoms with E-state index in [2.05, 4.69) is 5.16 Å². The van der Waals surface area contributed by atoms with Crippen molar-refractivity contribution in [1.82, 2.24) is 0 Å². The number of hydrogen-bond acceptors (Lipinski definition) is 4. The third kappa shape index (κ3) is 1.09. The van der Waals surface area contributed by atoms with Crippen LogP contribution in [0.5, 0.6) is 0 Å². The normalized spacial score (nSPS) is 36.7. The minimum absolute atomic E-state index is 0.0944. The van der Waals surface area contributed by atoms with Crippen molar-refractivity contribution in [3.05, 3.63) is 12.2 Å². The first-order valence-corrected chi connectivity index (χ1v) is 3.88. The average Bonchev–Trinajstić information content (AvgIpc) is 2.43. The molecule has 0 aromatic rings. The largest absolute Gasteiger partial charge is 0.458 e. The van der Waals surface area contributed by atoms with Gasteiger partial charge in [0.2, 0.25) is 0 Å². The Kier molecular flexibility index (Phi) is 1.60. The molecule has 1 aliphatic carbocycles. The Morgan fingerprint density at radius 1 is 1.58 bits per heavy atom. The zero-order valence-electron chi connectivity index (χ0n) is 6.43. The van der Waals surface area contributed by atoms with Crippen LogP contribution in [0.25, 0.3) is 0 Å². The molecular weight excluding hydrogens is 158 g/mol. The van der Waals surface area contributed by atoms with Crippen LogP contribution in [0.2, 0.25) is 0 Å². The van der Waals surface area contributed by atoms with Crippen molar-refractivity contribution in [1.29, 1.82) is 0 Å². The number of carbonyl (C=O) groups excluding carboxylic acids is 1. The van der Waals surface area contributed by atoms with E-state index in [-0.39, 0.29) is 18.0 Å². The van der Waals surface area contributed by atoms with Crippen molar-refractivity contribution >= 4 is 11.7 Å². The zero-order chi connectivity index (χ0) is 8.55. The molecule has 64 valence electrons. The zero-order valence-corrected chi connectivity index (χ0v) is 6.43. The molecule has 0 unspecified atom stereocenters. The Hall–Kier alpha value is -1.32. The summed E-state index contributed by atoms with van der Waals surface area (Å²) in [4.78, 5) is 10.8. The Bertz CT molecular complexity index is 269. The summed E-state index contributed by atoms with van der Waals surface area (Å²) in [6.07, 6.45) is 4.44. The highest BCUT2D eigenvalue weighted by Crippen LogP contribution is 2.29. The van der Waals surface area contributed by atoms with Gasteiger partial charge in [0.05, 0.1) is 12.1 Å². The second-order valence-corrected chi connectivity index (χ2v) is 3.07. The van der Waals surface area contributed by atoms with Gasteiger partial charge in [0, 0.05) is 12.3 Å². The second-order valence-electron chi connectivity index (χ2n) is 3.07. The lowest BCUT2D eigenvalue weighted by atomic mass is 9.90. The maximum atomic E-state index is 10.8. The van der Waals surface area contributed by atoms with Crippen LogP contribution in [-0.4, -0.2) is 23.0 Å². The molecular formula is C8H9NO3. The molecule has 0 spiro atoms. The van der Waals surface area contributed by atoms with E-state index in [0.29, 0.717) is 18.6 Å². The molecule has 1 N–H and O–H groups in total. The molecule has 4 heteroatoms. The Balaban J connectivity index is 2.18. The molecule has 4 nitrogen and oxygen atoms in total. The maximum absolute atomic E-state index is 10.8. The number of nitrogens with zero attached hydrogens (tertiary/aromatic N) is 1. The summed E-state index contributed by atoms with van der Waals surface area (Å²) in [5.74, 6) is 0.0160. The fourth-order valence-corrected chi connectivity index (χ4v) is 1.63. The molecule has 0 aromatic heterocycles. The highest BCUT2D eigenvalue weighted by atomic mass is 16.5. The van der Waals surface area contributed by atoms with E-state index in [0.717, 1.165) is 0 Å². The summed E-state index contributed by atoms with van der Waals surface area (Å²) in [6.45, 7) is 0. The van der Waals surface area contributed by atoms with Crippen LogP contribution in [0.3, 0.4) is 0 Å². The lowest BCUT2D eigenvalue weighted by Crippen LogP contribution is -2.20. The van der Waals surface area contributed by atoms with Crippen molar-refractivity contribution in [2.45, 2.75) is 18.9 Å². The van der Waals surface area contributed by atoms with Gasteiger partial charge in [0.15, 0.2) is 0 Å². The predicted octanol–water partition coefficient (Wildman–Crippen LogP) is 0.708. The molecule has 0 aromatic carbocycles. The smallest absolute Gasteiger partial charge is 0.306 e. The van der Waals surface area contributed by atoms with E-state index in [1.165, 1.54) is 0 Å². The molecule has 12 heavy (non-hydrogen) atoms. The molecule has 2 atom stereocenters. The van der Waals surface area contributed by atoms with Crippen LogP contribution in [0.4, 0.5) is 0 Å². The Morgan fingerprint density at radius 3 is 3.17 bits per heavy atom. The molecule has 1 saturated heterocycles. The maximum Gasteiger partial charge on any atom is 0.306 e. The fraction of sp³-hybridized carbons (Fsp3) is 0.500. The highest BCUT2D eigenvalue weighted by Gasteiger charge is 2.35. The predicted molar refractivity (Wildman–Crippen MR) is 41.0 cm³/mol. The van der Waals surface area contributed by atoms with E-state index in [4.69, 9.17) is 9.94 Å². The van der Waals surface area contributed by atoms with Gasteiger partial charge in [0.25, 0.3) is 0 Å². The molecule has 1 aliphatic heterocycles. The van der Waals surface area contributed by atoms with E-state index in [1.807, 2.05) is 0 Å². The van der Waals surface area contributed by atoms with Crippen molar-refractivity contribution in [3.63, 3.8) is 0 Å². The number of carbonyl (C=O) groups is 1. The first-order chi connectivity index (χ1) is 5.79. The molecule has 1 fully saturated rings. The number of rotatable bonds is 0. The van der Waals surface area contributed by atoms with E-state index >= 15 is 0 Å². The van der Waals surface area contributed by atoms with Gasteiger partial charge in [0.1, 0.15) is 6.10 Å². The van der Waals surface area contributed by atoms with Gasteiger partial charge < -0.3 is 9.94 Å². The van der Waals surface area contributed by atoms with Gasteiger partial charge >= 0.3 is 5.97 Å². The minimum atomic E-state index is -0.158. The summed E-state index contributed by atoms with van der Waals surface area (Å²) >= 11 is 0. The van der Waals surface area contributed by atoms with Crippen LogP contribution in [0, 0.1) is 5.92 Å². The van der Waals surface area contributed by atoms with E-state index < -0.39 is 0 Å². The van der Waals surface area contributed by atoms with Gasteiger partial charge in [-0.1, -0.05) is 5.16 Å². The molecule has 2 aliphatic rings. The van der Waals surface area contributed by atoms with Crippen LogP contribution >= 0.6 is 0 Å². The molecule has 2 rings (SSSR count). The summed E-state index contributed by atoms with van der Waals surface area (Å²) < 4.78 is 5.00. The number of fused-ring (bicyclic) bond motifs is 1. The van der Waals surface area contributed by atoms with Crippen molar-refractivity contribution in [3.8, 4) is 0 Å². The van der Waals surface area contributed by atoms with Gasteiger partial charge in [-0.2, -0.15) is 0 Å². The monoisotopic (exact) mass is 167 g/mol. The Labute approximate surface area is 69.5 Å². The lowest BCUT2D eigenvalue weighted by Gasteiger charge is -2.17. The first-order valence-electron chi connectivity index (χ1n) is 3.88. The fourth-order valence-electron chi connectivity index (χ4n) is 1.63. The molecule has 0 bridgehead atoms. The lowest BCUT2D eigenvalue weighted by molar-refractivity contribution is -0.140. The van der Waals surface area contributed by atoms with Crippen molar-refractivity contribution in [2.24, 2.45) is 11.1 Å². The summed E-state index contributed by atoms with van der Waals surface area (Å²) in [5, 5.41) is 11.6. The minimum Gasteiger partial charge on any atom is -0.458 e. The summed E-state index contributed by atoms with van der Waals surface area (Å²) in [7, 11) is 0. The summed E-state index contributed by atoms with van der Waals surface area (Å²) in [5.41, 5.74) is 0.620. The first kappa shape index (κ1) is 7.34. The van der Waals surface area contributed by atoms with Crippen molar-refractivity contribution < 1.29 is 14.7 Å². The number of allylic oxidation sites excluding steroid dienone is 1. The SMILES string of the molecule is O=C1C[C@H]2C/C(=N/O)C=C[C@H]2O1. The molecule has 0 amide bonds. The highest BCUT2D eigenvalue weighted by molar-refractivity contribution is 5.96. The third-order valence-electron chi connectivity index (χ3n) is 2.24. The van der Waals surface area contributed by atoms with E-state index in [1.54, 1.807) is 12.2 Å². The quantitative estimate of drug-likeness (QED) is 0.328. The van der Waals surface area contributed by atoms with E-state index in [9.17, 15) is 4.79 Å². The van der Waals surface area contributed by atoms with Crippen LogP contribution < -0.4 is 0 Å². The topological polar surface area (TPSA) is 58.9 Å². The molecule has 0 saturated carbocycles. The number of hydrogen-bond donors (Lipinski definition) is 1. The van der Waals surface area contributed by atoms with Crippen LogP contribution in [0.1, 0.15) is 12.8 Å². The number of ether oxygens (including phenoxy) is 1. The van der Waals surface area contributed by atoms with Crippen molar-refractivity contribution in [2.75, 3.05) is 0 Å². The number of esters is 1.